The van der Waals surface area contributed by atoms with Crippen LogP contribution in [0.1, 0.15) is 65.4 Å². The first kappa shape index (κ1) is 26.5. The second-order valence-electron chi connectivity index (χ2n) is 10.9. The van der Waals surface area contributed by atoms with Gasteiger partial charge < -0.3 is 15.6 Å². The lowest BCUT2D eigenvalue weighted by Gasteiger charge is -2.29. The zero-order valence-electron chi connectivity index (χ0n) is 23.0. The first-order valence-corrected chi connectivity index (χ1v) is 15.1. The van der Waals surface area contributed by atoms with Crippen molar-refractivity contribution in [2.24, 2.45) is 5.92 Å². The Balaban J connectivity index is 1.57. The number of rotatable bonds is 8. The van der Waals surface area contributed by atoms with E-state index in [0.717, 1.165) is 17.0 Å². The van der Waals surface area contributed by atoms with Crippen molar-refractivity contribution >= 4 is 32.8 Å². The molecule has 1 aliphatic heterocycles. The Morgan fingerprint density at radius 2 is 1.71 bits per heavy atom. The van der Waals surface area contributed by atoms with Crippen molar-refractivity contribution in [1.82, 2.24) is 24.4 Å². The maximum absolute atomic E-state index is 13.7. The average molecular weight is 538 g/mol. The van der Waals surface area contributed by atoms with E-state index in [4.69, 9.17) is 9.97 Å². The molecule has 0 radical (unpaired) electrons. The van der Waals surface area contributed by atoms with Crippen LogP contribution >= 0.6 is 0 Å². The summed E-state index contributed by atoms with van der Waals surface area (Å²) < 4.78 is 28.6. The van der Waals surface area contributed by atoms with Crippen LogP contribution in [0, 0.1) is 12.8 Å². The quantitative estimate of drug-likeness (QED) is 0.359. The number of benzene rings is 1. The lowest BCUT2D eigenvalue weighted by atomic mass is 9.84. The summed E-state index contributed by atoms with van der Waals surface area (Å²) in [5.74, 6) is 1.59. The van der Waals surface area contributed by atoms with E-state index in [-0.39, 0.29) is 10.9 Å². The molecule has 1 saturated carbocycles. The van der Waals surface area contributed by atoms with E-state index >= 15 is 0 Å². The van der Waals surface area contributed by atoms with Gasteiger partial charge in [-0.25, -0.2) is 17.8 Å². The minimum Gasteiger partial charge on any atom is -0.367 e. The fourth-order valence-electron chi connectivity index (χ4n) is 5.54. The number of nitrogens with zero attached hydrogens (tertiary/aromatic N) is 4. The highest BCUT2D eigenvalue weighted by Crippen LogP contribution is 2.32. The van der Waals surface area contributed by atoms with Gasteiger partial charge in [0.05, 0.1) is 22.5 Å². The van der Waals surface area contributed by atoms with Crippen molar-refractivity contribution in [3.05, 3.63) is 53.5 Å². The van der Waals surface area contributed by atoms with Crippen molar-refractivity contribution in [2.45, 2.75) is 83.7 Å². The molecule has 204 valence electrons. The molecule has 2 aromatic heterocycles. The lowest BCUT2D eigenvalue weighted by molar-refractivity contribution is 0.228. The van der Waals surface area contributed by atoms with Crippen LogP contribution in [0.3, 0.4) is 0 Å². The van der Waals surface area contributed by atoms with Gasteiger partial charge in [-0.05, 0) is 71.6 Å². The maximum Gasteiger partial charge on any atom is 0.269 e. The molecule has 1 fully saturated rings. The summed E-state index contributed by atoms with van der Waals surface area (Å²) >= 11 is 0. The number of hydrogen-bond acceptors (Lipinski definition) is 8. The number of nitrogens with one attached hydrogen (secondary N) is 3. The monoisotopic (exact) mass is 537 g/mol. The fraction of sp³-hybridized carbons (Fsp3) is 0.500. The highest BCUT2D eigenvalue weighted by atomic mass is 32.2. The van der Waals surface area contributed by atoms with Crippen molar-refractivity contribution in [2.75, 3.05) is 17.2 Å². The summed E-state index contributed by atoms with van der Waals surface area (Å²) in [6.07, 6.45) is 7.76. The van der Waals surface area contributed by atoms with Gasteiger partial charge in [0.1, 0.15) is 5.82 Å². The molecule has 1 aromatic carbocycles. The third-order valence-corrected chi connectivity index (χ3v) is 9.49. The molecule has 5 rings (SSSR count). The Kier molecular flexibility index (Phi) is 7.37. The summed E-state index contributed by atoms with van der Waals surface area (Å²) in [5.41, 5.74) is 6.77. The molecule has 2 aliphatic rings. The molecule has 9 nitrogen and oxygen atoms in total. The van der Waals surface area contributed by atoms with E-state index in [2.05, 4.69) is 48.8 Å². The molecule has 38 heavy (non-hydrogen) atoms. The third kappa shape index (κ3) is 5.11. The number of hydrazine groups is 1. The van der Waals surface area contributed by atoms with Crippen LogP contribution in [0.2, 0.25) is 0 Å². The summed E-state index contributed by atoms with van der Waals surface area (Å²) in [4.78, 5) is 9.82. The zero-order chi connectivity index (χ0) is 27.0. The highest BCUT2D eigenvalue weighted by Gasteiger charge is 2.26. The molecule has 1 aliphatic carbocycles. The minimum absolute atomic E-state index is 0.212. The lowest BCUT2D eigenvalue weighted by Crippen LogP contribution is -2.36. The van der Waals surface area contributed by atoms with E-state index in [1.165, 1.54) is 36.1 Å². The second-order valence-corrected chi connectivity index (χ2v) is 12.7. The summed E-state index contributed by atoms with van der Waals surface area (Å²) in [5, 5.41) is 9.81. The number of anilines is 2. The van der Waals surface area contributed by atoms with Gasteiger partial charge in [0.15, 0.2) is 5.65 Å². The summed E-state index contributed by atoms with van der Waals surface area (Å²) in [6.45, 7) is 11.1. The highest BCUT2D eigenvalue weighted by molar-refractivity contribution is 7.90. The van der Waals surface area contributed by atoms with Gasteiger partial charge >= 0.3 is 0 Å². The number of aryl methyl sites for hydroxylation is 1. The van der Waals surface area contributed by atoms with Gasteiger partial charge in [-0.3, -0.25) is 0 Å². The molecule has 1 atom stereocenters. The van der Waals surface area contributed by atoms with Crippen molar-refractivity contribution in [3.8, 4) is 0 Å². The second kappa shape index (κ2) is 10.6. The molecule has 10 heteroatoms. The molecule has 0 spiro atoms. The van der Waals surface area contributed by atoms with Crippen LogP contribution in [0.5, 0.6) is 0 Å². The van der Waals surface area contributed by atoms with Crippen LogP contribution in [0.15, 0.2) is 52.8 Å². The van der Waals surface area contributed by atoms with Gasteiger partial charge in [-0.1, -0.05) is 37.0 Å². The minimum atomic E-state index is -3.84. The van der Waals surface area contributed by atoms with Gasteiger partial charge in [-0.15, -0.1) is 0 Å². The van der Waals surface area contributed by atoms with Crippen molar-refractivity contribution < 1.29 is 8.42 Å². The fourth-order valence-corrected chi connectivity index (χ4v) is 6.83. The maximum atomic E-state index is 13.7. The van der Waals surface area contributed by atoms with Crippen LogP contribution < -0.4 is 16.1 Å². The SMILES string of the molecule is CC1=C(Nc2nc(N[C@@H](C)C3CCCCC3)c3ccn(S(=O)(=O)c4ccc(C)cc4)c3n2)CNN1C(C)C. The summed E-state index contributed by atoms with van der Waals surface area (Å²) in [7, 11) is -3.84. The number of fused-ring (bicyclic) bond motifs is 1. The molecule has 3 N–H and O–H groups in total. The standard InChI is InChI=1S/C28H39N7O2S/c1-18(2)35-21(5)25(17-29-35)31-28-32-26(30-20(4)22-9-7-6-8-10-22)24-15-16-34(27(24)33-28)38(36,37)23-13-11-19(3)12-14-23/h11-16,18,20,22,29H,6-10,17H2,1-5H3,(H2,30,31,32,33)/t20-/m0/s1. The number of aromatic nitrogens is 3. The first-order valence-electron chi connectivity index (χ1n) is 13.6. The molecular weight excluding hydrogens is 498 g/mol. The molecule has 0 unspecified atom stereocenters. The topological polar surface area (TPSA) is 104 Å². The Morgan fingerprint density at radius 3 is 2.37 bits per heavy atom. The number of hydrogen-bond donors (Lipinski definition) is 3. The van der Waals surface area contributed by atoms with Gasteiger partial charge in [0.25, 0.3) is 10.0 Å². The largest absolute Gasteiger partial charge is 0.367 e. The Morgan fingerprint density at radius 1 is 1.00 bits per heavy atom. The predicted molar refractivity (Wildman–Crippen MR) is 152 cm³/mol. The number of allylic oxidation sites excluding steroid dienone is 1. The van der Waals surface area contributed by atoms with Crippen molar-refractivity contribution in [3.63, 3.8) is 0 Å². The Bertz CT molecular complexity index is 1440. The van der Waals surface area contributed by atoms with Crippen LogP contribution in [-0.2, 0) is 10.0 Å². The first-order chi connectivity index (χ1) is 18.1. The average Bonchev–Trinajstić information content (AvgIpc) is 3.49. The van der Waals surface area contributed by atoms with Gasteiger partial charge in [-0.2, -0.15) is 9.97 Å². The van der Waals surface area contributed by atoms with Crippen molar-refractivity contribution in [1.29, 1.82) is 0 Å². The normalized spacial score (nSPS) is 18.0. The van der Waals surface area contributed by atoms with Gasteiger partial charge in [0.2, 0.25) is 5.95 Å². The van der Waals surface area contributed by atoms with Crippen LogP contribution in [0.25, 0.3) is 11.0 Å². The van der Waals surface area contributed by atoms with E-state index in [1.54, 1.807) is 24.4 Å². The van der Waals surface area contributed by atoms with E-state index in [9.17, 15) is 8.42 Å². The molecule has 3 heterocycles. The zero-order valence-corrected chi connectivity index (χ0v) is 23.8. The van der Waals surface area contributed by atoms with Crippen LogP contribution in [0.4, 0.5) is 11.8 Å². The Labute approximate surface area is 225 Å². The molecule has 0 bridgehead atoms. The molecule has 0 saturated heterocycles. The molecule has 0 amide bonds. The van der Waals surface area contributed by atoms with Gasteiger partial charge in [0, 0.05) is 24.0 Å². The molecular formula is C28H39N7O2S. The third-order valence-electron chi connectivity index (χ3n) is 7.81. The van der Waals surface area contributed by atoms with E-state index in [0.29, 0.717) is 41.3 Å². The van der Waals surface area contributed by atoms with E-state index in [1.807, 2.05) is 19.1 Å². The van der Waals surface area contributed by atoms with E-state index < -0.39 is 10.0 Å². The smallest absolute Gasteiger partial charge is 0.269 e. The Hall–Kier alpha value is -3.11. The summed E-state index contributed by atoms with van der Waals surface area (Å²) in [6, 6.07) is 9.19. The van der Waals surface area contributed by atoms with Crippen LogP contribution in [-0.4, -0.2) is 46.0 Å². The molecule has 3 aromatic rings. The predicted octanol–water partition coefficient (Wildman–Crippen LogP) is 5.23.